The molecule has 3 aromatic carbocycles. The first-order valence-corrected chi connectivity index (χ1v) is 12.1. The topological polar surface area (TPSA) is 103 Å². The first kappa shape index (κ1) is 25.6. The molecule has 3 amide bonds. The third-order valence-electron chi connectivity index (χ3n) is 6.07. The molecule has 190 valence electrons. The van der Waals surface area contributed by atoms with Gasteiger partial charge in [-0.2, -0.15) is 0 Å². The molecule has 0 radical (unpaired) electrons. The lowest BCUT2D eigenvalue weighted by molar-refractivity contribution is -0.127. The predicted molar refractivity (Wildman–Crippen MR) is 147 cm³/mol. The smallest absolute Gasteiger partial charge is 0.321 e. The summed E-state index contributed by atoms with van der Waals surface area (Å²) in [5, 5.41) is 8.50. The van der Waals surface area contributed by atoms with Crippen molar-refractivity contribution in [2.45, 2.75) is 26.9 Å². The maximum absolute atomic E-state index is 13.9. The van der Waals surface area contributed by atoms with Crippen molar-refractivity contribution < 1.29 is 14.4 Å². The highest BCUT2D eigenvalue weighted by Gasteiger charge is 2.35. The van der Waals surface area contributed by atoms with Gasteiger partial charge in [-0.1, -0.05) is 75.4 Å². The summed E-state index contributed by atoms with van der Waals surface area (Å²) < 4.78 is 0. The molecule has 0 fully saturated rings. The molecule has 3 N–H and O–H groups in total. The Labute approximate surface area is 216 Å². The van der Waals surface area contributed by atoms with Crippen LogP contribution in [0.3, 0.4) is 0 Å². The van der Waals surface area contributed by atoms with E-state index in [0.29, 0.717) is 22.6 Å². The van der Waals surface area contributed by atoms with Gasteiger partial charge in [0.05, 0.1) is 17.9 Å². The highest BCUT2D eigenvalue weighted by atomic mass is 16.2. The molecule has 0 bridgehead atoms. The molecule has 0 aromatic heterocycles. The number of benzene rings is 3. The Morgan fingerprint density at radius 2 is 1.59 bits per heavy atom. The van der Waals surface area contributed by atoms with E-state index in [1.807, 2.05) is 75.4 Å². The molecule has 0 spiro atoms. The number of hydrogen-bond acceptors (Lipinski definition) is 5. The minimum Gasteiger partial charge on any atom is -0.388 e. The molecular weight excluding hydrogens is 466 g/mol. The van der Waals surface area contributed by atoms with Gasteiger partial charge in [-0.25, -0.2) is 9.79 Å². The number of carbonyl (C=O) groups excluding carboxylic acids is 3. The lowest BCUT2D eigenvalue weighted by atomic mass is 9.90. The van der Waals surface area contributed by atoms with Crippen molar-refractivity contribution in [3.63, 3.8) is 0 Å². The normalized spacial score (nSPS) is 15.2. The molecule has 1 unspecified atom stereocenters. The zero-order valence-electron chi connectivity index (χ0n) is 21.4. The van der Waals surface area contributed by atoms with Crippen LogP contribution in [0.4, 0.5) is 21.9 Å². The molecule has 0 saturated heterocycles. The van der Waals surface area contributed by atoms with Crippen molar-refractivity contribution >= 4 is 40.5 Å². The molecule has 0 saturated carbocycles. The molecule has 37 heavy (non-hydrogen) atoms. The number of aliphatic imine (C=N–C) groups is 1. The van der Waals surface area contributed by atoms with Crippen molar-refractivity contribution in [2.24, 2.45) is 10.4 Å². The number of urea groups is 1. The van der Waals surface area contributed by atoms with Crippen LogP contribution in [-0.4, -0.2) is 43.2 Å². The number of amides is 3. The fraction of sp³-hybridized carbons (Fsp3) is 0.241. The predicted octanol–water partition coefficient (Wildman–Crippen LogP) is 4.68. The summed E-state index contributed by atoms with van der Waals surface area (Å²) in [6.07, 6.45) is -1.25. The number of nitrogens with zero attached hydrogens (tertiary/aromatic N) is 2. The van der Waals surface area contributed by atoms with Crippen LogP contribution in [0.1, 0.15) is 31.9 Å². The highest BCUT2D eigenvalue weighted by Crippen LogP contribution is 2.29. The number of ketones is 1. The van der Waals surface area contributed by atoms with Crippen LogP contribution < -0.4 is 20.9 Å². The molecule has 1 atom stereocenters. The number of rotatable bonds is 6. The second-order valence-electron chi connectivity index (χ2n) is 9.79. The zero-order valence-corrected chi connectivity index (χ0v) is 21.4. The van der Waals surface area contributed by atoms with Crippen LogP contribution in [0, 0.1) is 5.41 Å². The van der Waals surface area contributed by atoms with Gasteiger partial charge in [0.15, 0.2) is 5.78 Å². The number of anilines is 3. The molecule has 4 rings (SSSR count). The van der Waals surface area contributed by atoms with Crippen LogP contribution in [0.2, 0.25) is 0 Å². The number of carbonyl (C=O) groups is 3. The van der Waals surface area contributed by atoms with Crippen molar-refractivity contribution in [1.29, 1.82) is 0 Å². The van der Waals surface area contributed by atoms with Gasteiger partial charge in [0.25, 0.3) is 5.91 Å². The van der Waals surface area contributed by atoms with E-state index in [2.05, 4.69) is 16.0 Å². The molecule has 8 nitrogen and oxygen atoms in total. The zero-order chi connectivity index (χ0) is 26.6. The van der Waals surface area contributed by atoms with Crippen molar-refractivity contribution in [2.75, 3.05) is 29.1 Å². The third kappa shape index (κ3) is 5.86. The van der Waals surface area contributed by atoms with E-state index in [0.717, 1.165) is 11.3 Å². The minimum atomic E-state index is -1.25. The number of benzodiazepines with no additional fused rings is 1. The van der Waals surface area contributed by atoms with E-state index in [1.165, 1.54) is 4.90 Å². The second-order valence-corrected chi connectivity index (χ2v) is 9.79. The SMILES string of the molecule is CNc1cccc(NC(=O)NC2N=C(c3ccccc3)c3ccccc3N(CC(=O)C(C)(C)C)C2=O)c1. The molecule has 1 heterocycles. The van der Waals surface area contributed by atoms with Gasteiger partial charge >= 0.3 is 6.03 Å². The first-order chi connectivity index (χ1) is 17.7. The Morgan fingerprint density at radius 1 is 0.919 bits per heavy atom. The van der Waals surface area contributed by atoms with Crippen LogP contribution in [-0.2, 0) is 9.59 Å². The van der Waals surface area contributed by atoms with Gasteiger partial charge in [-0.3, -0.25) is 9.59 Å². The maximum atomic E-state index is 13.9. The van der Waals surface area contributed by atoms with Gasteiger partial charge < -0.3 is 20.9 Å². The molecule has 1 aliphatic rings. The van der Waals surface area contributed by atoms with Gasteiger partial charge in [-0.15, -0.1) is 0 Å². The number of hydrogen-bond donors (Lipinski definition) is 3. The quantitative estimate of drug-likeness (QED) is 0.460. The Kier molecular flexibility index (Phi) is 7.38. The Morgan fingerprint density at radius 3 is 2.30 bits per heavy atom. The Bertz CT molecular complexity index is 1340. The molecule has 0 aliphatic carbocycles. The number of fused-ring (bicyclic) bond motifs is 1. The first-order valence-electron chi connectivity index (χ1n) is 12.1. The van der Waals surface area contributed by atoms with Gasteiger partial charge in [0, 0.05) is 35.0 Å². The van der Waals surface area contributed by atoms with E-state index >= 15 is 0 Å². The number of nitrogens with one attached hydrogen (secondary N) is 3. The van der Waals surface area contributed by atoms with E-state index in [4.69, 9.17) is 4.99 Å². The highest BCUT2D eigenvalue weighted by molar-refractivity contribution is 6.21. The number of Topliss-reactive ketones (excluding diaryl/α,β-unsaturated/α-hetero) is 1. The van der Waals surface area contributed by atoms with Gasteiger partial charge in [0.2, 0.25) is 6.17 Å². The monoisotopic (exact) mass is 497 g/mol. The second kappa shape index (κ2) is 10.7. The molecule has 3 aromatic rings. The number of para-hydroxylation sites is 1. The average molecular weight is 498 g/mol. The lowest BCUT2D eigenvalue weighted by Crippen LogP contribution is -2.50. The molecular formula is C29H31N5O3. The standard InChI is InChI=1S/C29H31N5O3/c1-29(2,3)24(35)18-34-23-16-9-8-15-22(23)25(19-11-6-5-7-12-19)32-26(27(34)36)33-28(37)31-21-14-10-13-20(17-21)30-4/h5-17,26,30H,18H2,1-4H3,(H2,31,33,37). The van der Waals surface area contributed by atoms with Crippen LogP contribution in [0.5, 0.6) is 0 Å². The van der Waals surface area contributed by atoms with E-state index < -0.39 is 23.5 Å². The van der Waals surface area contributed by atoms with Crippen LogP contribution >= 0.6 is 0 Å². The summed E-state index contributed by atoms with van der Waals surface area (Å²) in [5.41, 5.74) is 3.35. The average Bonchev–Trinajstić information content (AvgIpc) is 2.99. The maximum Gasteiger partial charge on any atom is 0.321 e. The van der Waals surface area contributed by atoms with E-state index in [-0.39, 0.29) is 12.3 Å². The summed E-state index contributed by atoms with van der Waals surface area (Å²) in [6.45, 7) is 5.31. The minimum absolute atomic E-state index is 0.106. The van der Waals surface area contributed by atoms with Crippen LogP contribution in [0.25, 0.3) is 0 Å². The molecule has 8 heteroatoms. The Hall–Kier alpha value is -4.46. The summed E-state index contributed by atoms with van der Waals surface area (Å²) in [7, 11) is 1.79. The fourth-order valence-electron chi connectivity index (χ4n) is 3.94. The lowest BCUT2D eigenvalue weighted by Gasteiger charge is -2.28. The summed E-state index contributed by atoms with van der Waals surface area (Å²) in [5.74, 6) is -0.596. The summed E-state index contributed by atoms with van der Waals surface area (Å²) in [4.78, 5) is 46.0. The molecule has 1 aliphatic heterocycles. The van der Waals surface area contributed by atoms with Gasteiger partial charge in [0.1, 0.15) is 0 Å². The van der Waals surface area contributed by atoms with Crippen molar-refractivity contribution in [3.05, 3.63) is 90.0 Å². The van der Waals surface area contributed by atoms with Crippen molar-refractivity contribution in [1.82, 2.24) is 5.32 Å². The third-order valence-corrected chi connectivity index (χ3v) is 6.07. The van der Waals surface area contributed by atoms with Crippen molar-refractivity contribution in [3.8, 4) is 0 Å². The summed E-state index contributed by atoms with van der Waals surface area (Å²) >= 11 is 0. The largest absolute Gasteiger partial charge is 0.388 e. The van der Waals surface area contributed by atoms with E-state index in [9.17, 15) is 14.4 Å². The summed E-state index contributed by atoms with van der Waals surface area (Å²) in [6, 6.07) is 23.4. The Balaban J connectivity index is 1.74. The van der Waals surface area contributed by atoms with E-state index in [1.54, 1.807) is 31.3 Å². The van der Waals surface area contributed by atoms with Gasteiger partial charge in [-0.05, 0) is 24.3 Å². The fourth-order valence-corrected chi connectivity index (χ4v) is 3.94. The van der Waals surface area contributed by atoms with Crippen LogP contribution in [0.15, 0.2) is 83.9 Å².